The van der Waals surface area contributed by atoms with Gasteiger partial charge in [0.2, 0.25) is 5.91 Å². The normalized spacial score (nSPS) is 12.9. The number of ether oxygens (including phenoxy) is 1. The molecule has 1 amide bonds. The topological polar surface area (TPSA) is 95.9 Å². The van der Waals surface area contributed by atoms with Crippen LogP contribution in [0.2, 0.25) is 0 Å². The van der Waals surface area contributed by atoms with Crippen molar-refractivity contribution in [1.29, 1.82) is 0 Å². The molecule has 0 saturated heterocycles. The summed E-state index contributed by atoms with van der Waals surface area (Å²) in [5.41, 5.74) is 0. The Morgan fingerprint density at radius 3 is 1.26 bits per heavy atom. The number of rotatable bonds is 50. The molecule has 0 aliphatic rings. The van der Waals surface area contributed by atoms with E-state index in [0.29, 0.717) is 25.9 Å². The van der Waals surface area contributed by atoms with E-state index in [1.165, 1.54) is 173 Å². The lowest BCUT2D eigenvalue weighted by Gasteiger charge is -2.22. The van der Waals surface area contributed by atoms with Crippen LogP contribution in [-0.4, -0.2) is 47.4 Å². The lowest BCUT2D eigenvalue weighted by atomic mass is 10.0. The Hall–Kier alpha value is -1.92. The maximum absolute atomic E-state index is 12.5. The summed E-state index contributed by atoms with van der Waals surface area (Å²) in [5.74, 6) is -0.0881. The molecule has 2 unspecified atom stereocenters. The molecule has 0 rings (SSSR count). The van der Waals surface area contributed by atoms with Crippen LogP contribution in [0.15, 0.2) is 36.5 Å². The molecule has 0 bridgehead atoms. The second-order valence-electron chi connectivity index (χ2n) is 18.6. The molecule has 0 spiro atoms. The smallest absolute Gasteiger partial charge is 0.305 e. The van der Waals surface area contributed by atoms with Crippen LogP contribution in [0.5, 0.6) is 0 Å². The predicted molar refractivity (Wildman–Crippen MR) is 269 cm³/mol. The molecule has 0 aromatic carbocycles. The van der Waals surface area contributed by atoms with E-state index >= 15 is 0 Å². The zero-order chi connectivity index (χ0) is 45.1. The standard InChI is InChI=1S/C56H105NO5/c1-3-5-7-9-11-13-15-17-18-19-21-25-28-32-36-40-44-48-54(59)53(52-58)57-55(60)49-45-41-37-33-29-26-22-20-23-27-31-35-39-43-47-51-62-56(61)50-46-42-38-34-30-24-16-14-12-10-8-6-4-2/h14,16,20,23,27,31,53-54,58-59H,3-13,15,17-19,21-22,24-26,28-30,32-52H2,1-2H3,(H,57,60)/b16-14-,23-20-,31-27-. The van der Waals surface area contributed by atoms with Crippen LogP contribution < -0.4 is 5.32 Å². The Morgan fingerprint density at radius 1 is 0.452 bits per heavy atom. The van der Waals surface area contributed by atoms with Crippen molar-refractivity contribution in [3.05, 3.63) is 36.5 Å². The molecule has 2 atom stereocenters. The fourth-order valence-electron chi connectivity index (χ4n) is 8.21. The van der Waals surface area contributed by atoms with Crippen molar-refractivity contribution >= 4 is 11.9 Å². The highest BCUT2D eigenvalue weighted by Gasteiger charge is 2.20. The first kappa shape index (κ1) is 60.1. The molecule has 0 aromatic rings. The van der Waals surface area contributed by atoms with E-state index in [-0.39, 0.29) is 18.5 Å². The van der Waals surface area contributed by atoms with Crippen LogP contribution >= 0.6 is 0 Å². The highest BCUT2D eigenvalue weighted by molar-refractivity contribution is 5.76. The molecule has 0 heterocycles. The summed E-state index contributed by atoms with van der Waals surface area (Å²) < 4.78 is 5.43. The Labute approximate surface area is 385 Å². The SMILES string of the molecule is CCCCCC/C=C\CCCCCCCC(=O)OCCCCC/C=C\C=C/CCCCCCCCC(=O)NC(CO)C(O)CCCCCCCCCCCCCCCCCCC. The van der Waals surface area contributed by atoms with E-state index in [9.17, 15) is 19.8 Å². The zero-order valence-electron chi connectivity index (χ0n) is 41.4. The number of esters is 1. The van der Waals surface area contributed by atoms with Crippen molar-refractivity contribution in [2.75, 3.05) is 13.2 Å². The van der Waals surface area contributed by atoms with Gasteiger partial charge in [0.25, 0.3) is 0 Å². The van der Waals surface area contributed by atoms with Crippen molar-refractivity contribution < 1.29 is 24.5 Å². The maximum atomic E-state index is 12.5. The number of allylic oxidation sites excluding steroid dienone is 6. The minimum atomic E-state index is -0.679. The number of hydrogen-bond acceptors (Lipinski definition) is 5. The number of nitrogens with one attached hydrogen (secondary N) is 1. The molecule has 0 aliphatic carbocycles. The molecule has 62 heavy (non-hydrogen) atoms. The Morgan fingerprint density at radius 2 is 0.806 bits per heavy atom. The third kappa shape index (κ3) is 47.6. The van der Waals surface area contributed by atoms with Crippen LogP contribution in [0.4, 0.5) is 0 Å². The first-order valence-electron chi connectivity index (χ1n) is 27.3. The largest absolute Gasteiger partial charge is 0.466 e. The number of hydrogen-bond donors (Lipinski definition) is 3. The minimum absolute atomic E-state index is 0.0311. The number of amides is 1. The average molecular weight is 872 g/mol. The van der Waals surface area contributed by atoms with E-state index < -0.39 is 12.1 Å². The van der Waals surface area contributed by atoms with Gasteiger partial charge in [-0.25, -0.2) is 0 Å². The first-order chi connectivity index (χ1) is 30.5. The van der Waals surface area contributed by atoms with E-state index in [1.54, 1.807) is 0 Å². The van der Waals surface area contributed by atoms with Gasteiger partial charge in [0.15, 0.2) is 0 Å². The van der Waals surface area contributed by atoms with Gasteiger partial charge in [0.05, 0.1) is 25.4 Å². The fourth-order valence-corrected chi connectivity index (χ4v) is 8.21. The molecule has 0 saturated carbocycles. The van der Waals surface area contributed by atoms with Gasteiger partial charge in [-0.2, -0.15) is 0 Å². The summed E-state index contributed by atoms with van der Waals surface area (Å²) >= 11 is 0. The van der Waals surface area contributed by atoms with E-state index in [0.717, 1.165) is 77.0 Å². The molecular formula is C56H105NO5. The second kappa shape index (κ2) is 51.7. The summed E-state index contributed by atoms with van der Waals surface area (Å²) in [5, 5.41) is 23.3. The van der Waals surface area contributed by atoms with Gasteiger partial charge >= 0.3 is 5.97 Å². The number of carbonyl (C=O) groups excluding carboxylic acids is 2. The van der Waals surface area contributed by atoms with Crippen molar-refractivity contribution in [1.82, 2.24) is 5.32 Å². The number of carbonyl (C=O) groups is 2. The number of aliphatic hydroxyl groups excluding tert-OH is 2. The Bertz CT molecular complexity index is 1010. The molecular weight excluding hydrogens is 767 g/mol. The van der Waals surface area contributed by atoms with Crippen molar-refractivity contribution in [2.24, 2.45) is 0 Å². The summed E-state index contributed by atoms with van der Waals surface area (Å²) in [6.07, 6.45) is 62.6. The van der Waals surface area contributed by atoms with Crippen LogP contribution in [0, 0.1) is 0 Å². The minimum Gasteiger partial charge on any atom is -0.466 e. The molecule has 364 valence electrons. The lowest BCUT2D eigenvalue weighted by molar-refractivity contribution is -0.143. The Kier molecular flexibility index (Phi) is 50.1. The zero-order valence-corrected chi connectivity index (χ0v) is 41.4. The molecule has 6 heteroatoms. The summed E-state index contributed by atoms with van der Waals surface area (Å²) in [6.45, 7) is 4.88. The van der Waals surface area contributed by atoms with E-state index in [4.69, 9.17) is 4.74 Å². The van der Waals surface area contributed by atoms with Gasteiger partial charge < -0.3 is 20.3 Å². The summed E-state index contributed by atoms with van der Waals surface area (Å²) in [7, 11) is 0. The van der Waals surface area contributed by atoms with Gasteiger partial charge in [-0.15, -0.1) is 0 Å². The Balaban J connectivity index is 3.53. The molecule has 3 N–H and O–H groups in total. The lowest BCUT2D eigenvalue weighted by Crippen LogP contribution is -2.45. The van der Waals surface area contributed by atoms with Gasteiger partial charge in [-0.05, 0) is 83.5 Å². The van der Waals surface area contributed by atoms with Crippen molar-refractivity contribution in [3.63, 3.8) is 0 Å². The monoisotopic (exact) mass is 872 g/mol. The summed E-state index contributed by atoms with van der Waals surface area (Å²) in [6, 6.07) is -0.559. The summed E-state index contributed by atoms with van der Waals surface area (Å²) in [4.78, 5) is 24.5. The van der Waals surface area contributed by atoms with Crippen molar-refractivity contribution in [2.45, 2.75) is 296 Å². The highest BCUT2D eigenvalue weighted by Crippen LogP contribution is 2.16. The predicted octanol–water partition coefficient (Wildman–Crippen LogP) is 16.5. The first-order valence-corrected chi connectivity index (χ1v) is 27.3. The molecule has 0 aliphatic heterocycles. The van der Waals surface area contributed by atoms with Crippen LogP contribution in [0.3, 0.4) is 0 Å². The van der Waals surface area contributed by atoms with Gasteiger partial charge in [0, 0.05) is 12.8 Å². The second-order valence-corrected chi connectivity index (χ2v) is 18.6. The number of unbranched alkanes of at least 4 members (excludes halogenated alkanes) is 34. The molecule has 0 fully saturated rings. The molecule has 0 radical (unpaired) electrons. The highest BCUT2D eigenvalue weighted by atomic mass is 16.5. The van der Waals surface area contributed by atoms with Gasteiger partial charge in [0.1, 0.15) is 0 Å². The molecule has 6 nitrogen and oxygen atoms in total. The van der Waals surface area contributed by atoms with Crippen molar-refractivity contribution in [3.8, 4) is 0 Å². The van der Waals surface area contributed by atoms with Gasteiger partial charge in [-0.3, -0.25) is 9.59 Å². The maximum Gasteiger partial charge on any atom is 0.305 e. The average Bonchev–Trinajstić information content (AvgIpc) is 3.27. The van der Waals surface area contributed by atoms with E-state index in [2.05, 4.69) is 55.6 Å². The third-order valence-electron chi connectivity index (χ3n) is 12.4. The quantitative estimate of drug-likeness (QED) is 0.0245. The van der Waals surface area contributed by atoms with Crippen LogP contribution in [0.1, 0.15) is 284 Å². The van der Waals surface area contributed by atoms with Crippen LogP contribution in [-0.2, 0) is 14.3 Å². The number of aliphatic hydroxyl groups is 2. The van der Waals surface area contributed by atoms with Crippen LogP contribution in [0.25, 0.3) is 0 Å². The van der Waals surface area contributed by atoms with E-state index in [1.807, 2.05) is 0 Å². The third-order valence-corrected chi connectivity index (χ3v) is 12.4. The molecule has 0 aromatic heterocycles. The van der Waals surface area contributed by atoms with Gasteiger partial charge in [-0.1, -0.05) is 224 Å². The fraction of sp³-hybridized carbons (Fsp3) is 0.857.